The minimum absolute atomic E-state index is 0.356. The number of anilines is 1. The maximum absolute atomic E-state index is 12.5. The van der Waals surface area contributed by atoms with Crippen molar-refractivity contribution < 1.29 is 8.42 Å². The molecule has 1 unspecified atom stereocenters. The Labute approximate surface area is 111 Å². The largest absolute Gasteiger partial charge is 0.266 e. The lowest BCUT2D eigenvalue weighted by atomic mass is 10.1. The highest BCUT2D eigenvalue weighted by molar-refractivity contribution is 7.93. The van der Waals surface area contributed by atoms with Crippen molar-refractivity contribution >= 4 is 38.1 Å². The van der Waals surface area contributed by atoms with Crippen molar-refractivity contribution in [2.45, 2.75) is 23.7 Å². The maximum atomic E-state index is 12.5. The summed E-state index contributed by atoms with van der Waals surface area (Å²) in [7, 11) is -3.51. The van der Waals surface area contributed by atoms with Crippen LogP contribution in [-0.4, -0.2) is 13.9 Å². The molecule has 1 aliphatic rings. The SMILES string of the molecule is CCC(Cl)N1c2cccc3cccc(c23)S1(=O)=O. The van der Waals surface area contributed by atoms with E-state index in [1.807, 2.05) is 25.1 Å². The number of sulfonamides is 1. The molecule has 1 heterocycles. The number of halogens is 1. The Balaban J connectivity index is 2.41. The van der Waals surface area contributed by atoms with Crippen LogP contribution in [0.5, 0.6) is 0 Å². The summed E-state index contributed by atoms with van der Waals surface area (Å²) in [5, 5.41) is 1.70. The molecule has 1 atom stereocenters. The van der Waals surface area contributed by atoms with E-state index in [2.05, 4.69) is 0 Å². The van der Waals surface area contributed by atoms with Gasteiger partial charge in [0.1, 0.15) is 5.50 Å². The summed E-state index contributed by atoms with van der Waals surface area (Å²) in [6, 6.07) is 10.9. The van der Waals surface area contributed by atoms with Crippen LogP contribution in [0.25, 0.3) is 10.8 Å². The first-order valence-corrected chi connectivity index (χ1v) is 7.65. The smallest absolute Gasteiger partial charge is 0.248 e. The molecule has 0 spiro atoms. The molecule has 3 nitrogen and oxygen atoms in total. The highest BCUT2D eigenvalue weighted by Gasteiger charge is 2.38. The van der Waals surface area contributed by atoms with E-state index in [0.717, 1.165) is 10.8 Å². The summed E-state index contributed by atoms with van der Waals surface area (Å²) in [5.74, 6) is 0. The van der Waals surface area contributed by atoms with Gasteiger partial charge in [-0.2, -0.15) is 0 Å². The van der Waals surface area contributed by atoms with Crippen LogP contribution in [0, 0.1) is 0 Å². The molecule has 94 valence electrons. The van der Waals surface area contributed by atoms with Crippen LogP contribution in [0.2, 0.25) is 0 Å². The van der Waals surface area contributed by atoms with Crippen LogP contribution in [-0.2, 0) is 10.0 Å². The highest BCUT2D eigenvalue weighted by atomic mass is 35.5. The van der Waals surface area contributed by atoms with Crippen LogP contribution in [0.15, 0.2) is 41.3 Å². The summed E-state index contributed by atoms with van der Waals surface area (Å²) >= 11 is 6.18. The zero-order valence-corrected chi connectivity index (χ0v) is 11.4. The molecule has 5 heteroatoms. The second kappa shape index (κ2) is 3.87. The molecule has 2 aromatic rings. The Bertz CT molecular complexity index is 722. The van der Waals surface area contributed by atoms with Gasteiger partial charge in [-0.1, -0.05) is 42.8 Å². The number of benzene rings is 2. The van der Waals surface area contributed by atoms with Crippen molar-refractivity contribution in [3.63, 3.8) is 0 Å². The normalized spacial score (nSPS) is 18.2. The average molecular weight is 282 g/mol. The number of hydrogen-bond donors (Lipinski definition) is 0. The Kier molecular flexibility index (Phi) is 2.54. The van der Waals surface area contributed by atoms with E-state index in [9.17, 15) is 8.42 Å². The molecular weight excluding hydrogens is 270 g/mol. The van der Waals surface area contributed by atoms with Crippen molar-refractivity contribution in [1.29, 1.82) is 0 Å². The topological polar surface area (TPSA) is 37.4 Å². The zero-order valence-electron chi connectivity index (χ0n) is 9.80. The molecule has 0 fully saturated rings. The number of alkyl halides is 1. The fourth-order valence-electron chi connectivity index (χ4n) is 2.39. The standard InChI is InChI=1S/C13H12ClNO2S/c1-2-12(14)15-10-7-3-5-9-6-4-8-11(13(9)10)18(15,16)17/h3-8,12H,2H2,1H3. The minimum Gasteiger partial charge on any atom is -0.248 e. The molecule has 3 rings (SSSR count). The second-order valence-corrected chi connectivity index (χ2v) is 6.56. The van der Waals surface area contributed by atoms with Crippen LogP contribution >= 0.6 is 11.6 Å². The summed E-state index contributed by atoms with van der Waals surface area (Å²) in [6.45, 7) is 1.87. The molecule has 1 aliphatic heterocycles. The van der Waals surface area contributed by atoms with Crippen LogP contribution in [0.1, 0.15) is 13.3 Å². The number of nitrogens with zero attached hydrogens (tertiary/aromatic N) is 1. The van der Waals surface area contributed by atoms with E-state index >= 15 is 0 Å². The van der Waals surface area contributed by atoms with Gasteiger partial charge >= 0.3 is 0 Å². The van der Waals surface area contributed by atoms with Gasteiger partial charge in [-0.05, 0) is 23.9 Å². The first kappa shape index (κ1) is 11.8. The van der Waals surface area contributed by atoms with Gasteiger partial charge in [-0.25, -0.2) is 12.7 Å². The Morgan fingerprint density at radius 1 is 1.22 bits per heavy atom. The third kappa shape index (κ3) is 1.39. The van der Waals surface area contributed by atoms with Crippen molar-refractivity contribution in [3.8, 4) is 0 Å². The third-order valence-electron chi connectivity index (χ3n) is 3.21. The summed E-state index contributed by atoms with van der Waals surface area (Å²) in [5.41, 5.74) is 0.137. The molecule has 0 bridgehead atoms. The number of rotatable bonds is 2. The van der Waals surface area contributed by atoms with Gasteiger partial charge in [-0.15, -0.1) is 0 Å². The Morgan fingerprint density at radius 3 is 2.56 bits per heavy atom. The van der Waals surface area contributed by atoms with Gasteiger partial charge in [0.2, 0.25) is 0 Å². The van der Waals surface area contributed by atoms with Gasteiger partial charge in [0.05, 0.1) is 10.6 Å². The molecule has 0 N–H and O–H groups in total. The second-order valence-electron chi connectivity index (χ2n) is 4.27. The molecule has 18 heavy (non-hydrogen) atoms. The summed E-state index contributed by atoms with van der Waals surface area (Å²) < 4.78 is 26.3. The monoisotopic (exact) mass is 281 g/mol. The Hall–Kier alpha value is -1.26. The maximum Gasteiger partial charge on any atom is 0.266 e. The lowest BCUT2D eigenvalue weighted by molar-refractivity contribution is 0.590. The summed E-state index contributed by atoms with van der Waals surface area (Å²) in [4.78, 5) is 0.356. The molecule has 0 aromatic heterocycles. The minimum atomic E-state index is -3.51. The predicted molar refractivity (Wildman–Crippen MR) is 73.5 cm³/mol. The van der Waals surface area contributed by atoms with E-state index in [1.54, 1.807) is 18.2 Å². The van der Waals surface area contributed by atoms with Gasteiger partial charge in [-0.3, -0.25) is 0 Å². The van der Waals surface area contributed by atoms with E-state index in [4.69, 9.17) is 11.6 Å². The molecule has 0 saturated heterocycles. The van der Waals surface area contributed by atoms with Gasteiger partial charge in [0.15, 0.2) is 0 Å². The molecule has 2 aromatic carbocycles. The van der Waals surface area contributed by atoms with Crippen molar-refractivity contribution in [2.24, 2.45) is 0 Å². The van der Waals surface area contributed by atoms with E-state index in [0.29, 0.717) is 17.0 Å². The van der Waals surface area contributed by atoms with Crippen LogP contribution in [0.3, 0.4) is 0 Å². The fraction of sp³-hybridized carbons (Fsp3) is 0.231. The highest BCUT2D eigenvalue weighted by Crippen LogP contribution is 2.43. The lowest BCUT2D eigenvalue weighted by Gasteiger charge is -2.23. The van der Waals surface area contributed by atoms with Gasteiger partial charge in [0, 0.05) is 5.39 Å². The molecule has 0 amide bonds. The molecule has 0 aliphatic carbocycles. The predicted octanol–water partition coefficient (Wildman–Crippen LogP) is 3.32. The van der Waals surface area contributed by atoms with Crippen molar-refractivity contribution in [3.05, 3.63) is 36.4 Å². The third-order valence-corrected chi connectivity index (χ3v) is 5.69. The molecule has 0 saturated carbocycles. The molecule has 0 radical (unpaired) electrons. The fourth-order valence-corrected chi connectivity index (χ4v) is 4.61. The van der Waals surface area contributed by atoms with Crippen LogP contribution in [0.4, 0.5) is 5.69 Å². The first-order chi connectivity index (χ1) is 8.57. The van der Waals surface area contributed by atoms with Crippen molar-refractivity contribution in [2.75, 3.05) is 4.31 Å². The van der Waals surface area contributed by atoms with E-state index in [-0.39, 0.29) is 0 Å². The quantitative estimate of drug-likeness (QED) is 0.625. The summed E-state index contributed by atoms with van der Waals surface area (Å²) in [6.07, 6.45) is 0.561. The zero-order chi connectivity index (χ0) is 12.9. The lowest BCUT2D eigenvalue weighted by Crippen LogP contribution is -2.33. The van der Waals surface area contributed by atoms with E-state index in [1.165, 1.54) is 4.31 Å². The molecular formula is C13H12ClNO2S. The average Bonchev–Trinajstić information content (AvgIpc) is 2.60. The van der Waals surface area contributed by atoms with E-state index < -0.39 is 15.5 Å². The first-order valence-electron chi connectivity index (χ1n) is 5.77. The van der Waals surface area contributed by atoms with Crippen LogP contribution < -0.4 is 4.31 Å². The van der Waals surface area contributed by atoms with Crippen molar-refractivity contribution in [1.82, 2.24) is 0 Å². The van der Waals surface area contributed by atoms with Gasteiger partial charge < -0.3 is 0 Å². The van der Waals surface area contributed by atoms with Gasteiger partial charge in [0.25, 0.3) is 10.0 Å². The Morgan fingerprint density at radius 2 is 1.89 bits per heavy atom. The number of hydrogen-bond acceptors (Lipinski definition) is 2.